The summed E-state index contributed by atoms with van der Waals surface area (Å²) in [5, 5.41) is 2.91. The molecule has 180 valence electrons. The molecule has 1 aliphatic rings. The highest BCUT2D eigenvalue weighted by molar-refractivity contribution is 7.89. The summed E-state index contributed by atoms with van der Waals surface area (Å²) in [6, 6.07) is 7.50. The number of aromatic nitrogens is 1. The number of rotatable bonds is 7. The number of nitrogens with zero attached hydrogens (tertiary/aromatic N) is 2. The minimum atomic E-state index is -4.01. The Balaban J connectivity index is 1.91. The first-order valence-corrected chi connectivity index (χ1v) is 12.8. The van der Waals surface area contributed by atoms with Crippen LogP contribution < -0.4 is 5.32 Å². The normalized spacial score (nSPS) is 17.1. The zero-order chi connectivity index (χ0) is 24.3. The molecule has 0 radical (unpaired) electrons. The number of hydrogen-bond acceptors (Lipinski definition) is 5. The van der Waals surface area contributed by atoms with Gasteiger partial charge in [-0.3, -0.25) is 4.79 Å². The van der Waals surface area contributed by atoms with Gasteiger partial charge in [0.25, 0.3) is 0 Å². The number of anilines is 1. The average molecular weight is 476 g/mol. The van der Waals surface area contributed by atoms with Crippen LogP contribution in [-0.2, 0) is 26.1 Å². The van der Waals surface area contributed by atoms with Crippen LogP contribution in [0.15, 0.2) is 29.2 Å². The van der Waals surface area contributed by atoms with Gasteiger partial charge < -0.3 is 14.6 Å². The van der Waals surface area contributed by atoms with Crippen molar-refractivity contribution in [3.8, 4) is 0 Å². The summed E-state index contributed by atoms with van der Waals surface area (Å²) in [4.78, 5) is 25.6. The van der Waals surface area contributed by atoms with Gasteiger partial charge in [-0.1, -0.05) is 12.1 Å². The molecule has 2 heterocycles. The molecule has 1 aromatic carbocycles. The van der Waals surface area contributed by atoms with E-state index in [-0.39, 0.29) is 29.5 Å². The van der Waals surface area contributed by atoms with Crippen molar-refractivity contribution in [3.63, 3.8) is 0 Å². The summed E-state index contributed by atoms with van der Waals surface area (Å²) in [7, 11) is -4.01. The fourth-order valence-electron chi connectivity index (χ4n) is 4.56. The third-order valence-corrected chi connectivity index (χ3v) is 8.19. The molecule has 3 rings (SSSR count). The second kappa shape index (κ2) is 10.1. The zero-order valence-electron chi connectivity index (χ0n) is 20.0. The van der Waals surface area contributed by atoms with Crippen LogP contribution in [0.3, 0.4) is 0 Å². The Morgan fingerprint density at radius 1 is 1.15 bits per heavy atom. The highest BCUT2D eigenvalue weighted by Gasteiger charge is 2.39. The van der Waals surface area contributed by atoms with Gasteiger partial charge in [-0.15, -0.1) is 0 Å². The van der Waals surface area contributed by atoms with Gasteiger partial charge in [-0.2, -0.15) is 4.31 Å². The van der Waals surface area contributed by atoms with Crippen LogP contribution >= 0.6 is 0 Å². The molecule has 2 aromatic rings. The van der Waals surface area contributed by atoms with Crippen LogP contribution in [-0.4, -0.2) is 48.9 Å². The maximum absolute atomic E-state index is 13.8. The molecule has 1 saturated heterocycles. The summed E-state index contributed by atoms with van der Waals surface area (Å²) >= 11 is 0. The summed E-state index contributed by atoms with van der Waals surface area (Å²) in [5.74, 6) is -1.32. The van der Waals surface area contributed by atoms with Gasteiger partial charge in [0.2, 0.25) is 15.9 Å². The molecular formula is C24H33N3O5S. The Morgan fingerprint density at radius 3 is 2.52 bits per heavy atom. The second-order valence-corrected chi connectivity index (χ2v) is 10.3. The van der Waals surface area contributed by atoms with E-state index in [1.807, 2.05) is 42.7 Å². The molecule has 1 unspecified atom stereocenters. The predicted octanol–water partition coefficient (Wildman–Crippen LogP) is 3.65. The number of carbonyl (C=O) groups excluding carboxylic acids is 2. The lowest BCUT2D eigenvalue weighted by molar-refractivity contribution is -0.120. The molecule has 0 saturated carbocycles. The maximum Gasteiger partial charge on any atom is 0.341 e. The SMILES string of the molecule is CCOC(=O)c1c(S(=O)(=O)N2CCCC(C(=O)Nc3cccc(C)c3)C2)c(C)n(CC)c1C. The molecule has 1 fully saturated rings. The minimum Gasteiger partial charge on any atom is -0.462 e. The number of aryl methyl sites for hydroxylation is 1. The smallest absolute Gasteiger partial charge is 0.341 e. The van der Waals surface area contributed by atoms with Crippen molar-refractivity contribution in [2.75, 3.05) is 25.0 Å². The summed E-state index contributed by atoms with van der Waals surface area (Å²) in [6.45, 7) is 10.0. The molecule has 8 nitrogen and oxygen atoms in total. The van der Waals surface area contributed by atoms with Gasteiger partial charge in [0.15, 0.2) is 0 Å². The number of hydrogen-bond donors (Lipinski definition) is 1. The fourth-order valence-corrected chi connectivity index (χ4v) is 6.54. The Morgan fingerprint density at radius 2 is 1.88 bits per heavy atom. The van der Waals surface area contributed by atoms with Gasteiger partial charge in [0.05, 0.1) is 12.5 Å². The van der Waals surface area contributed by atoms with E-state index in [1.165, 1.54) is 4.31 Å². The predicted molar refractivity (Wildman–Crippen MR) is 127 cm³/mol. The van der Waals surface area contributed by atoms with Crippen molar-refractivity contribution in [3.05, 3.63) is 46.8 Å². The highest BCUT2D eigenvalue weighted by atomic mass is 32.2. The van der Waals surface area contributed by atoms with Crippen LogP contribution in [0.25, 0.3) is 0 Å². The molecule has 1 N–H and O–H groups in total. The molecule has 0 bridgehead atoms. The molecule has 33 heavy (non-hydrogen) atoms. The van der Waals surface area contributed by atoms with E-state index in [0.29, 0.717) is 43.0 Å². The fraction of sp³-hybridized carbons (Fsp3) is 0.500. The Labute approximate surface area is 196 Å². The average Bonchev–Trinajstić information content (AvgIpc) is 3.04. The number of amides is 1. The van der Waals surface area contributed by atoms with E-state index < -0.39 is 21.9 Å². The Bertz CT molecular complexity index is 1150. The molecule has 0 aliphatic carbocycles. The first kappa shape index (κ1) is 25.0. The van der Waals surface area contributed by atoms with Crippen LogP contribution in [0.1, 0.15) is 54.0 Å². The quantitative estimate of drug-likeness (QED) is 0.617. The standard InChI is InChI=1S/C24H33N3O5S/c1-6-27-17(4)21(24(29)32-7-2)22(18(27)5)33(30,31)26-13-9-11-19(15-26)23(28)25-20-12-8-10-16(3)14-20/h8,10,12,14,19H,6-7,9,11,13,15H2,1-5H3,(H,25,28). The summed E-state index contributed by atoms with van der Waals surface area (Å²) < 4.78 is 35.9. The summed E-state index contributed by atoms with van der Waals surface area (Å²) in [5.41, 5.74) is 2.87. The van der Waals surface area contributed by atoms with Crippen molar-refractivity contribution in [2.24, 2.45) is 5.92 Å². The lowest BCUT2D eigenvalue weighted by Gasteiger charge is -2.31. The molecule has 1 aliphatic heterocycles. The monoisotopic (exact) mass is 475 g/mol. The summed E-state index contributed by atoms with van der Waals surface area (Å²) in [6.07, 6.45) is 1.16. The van der Waals surface area contributed by atoms with E-state index in [2.05, 4.69) is 5.32 Å². The lowest BCUT2D eigenvalue weighted by atomic mass is 9.98. The zero-order valence-corrected chi connectivity index (χ0v) is 20.8. The third-order valence-electron chi connectivity index (χ3n) is 6.16. The number of piperidine rings is 1. The van der Waals surface area contributed by atoms with E-state index in [0.717, 1.165) is 5.56 Å². The largest absolute Gasteiger partial charge is 0.462 e. The van der Waals surface area contributed by atoms with Gasteiger partial charge >= 0.3 is 5.97 Å². The first-order valence-electron chi connectivity index (χ1n) is 11.4. The molecule has 9 heteroatoms. The van der Waals surface area contributed by atoms with Gasteiger partial charge in [0.1, 0.15) is 10.5 Å². The molecule has 1 aromatic heterocycles. The number of nitrogens with one attached hydrogen (secondary N) is 1. The molecular weight excluding hydrogens is 442 g/mol. The van der Waals surface area contributed by atoms with Crippen molar-refractivity contribution in [1.29, 1.82) is 0 Å². The Kier molecular flexibility index (Phi) is 7.64. The van der Waals surface area contributed by atoms with E-state index in [9.17, 15) is 18.0 Å². The maximum atomic E-state index is 13.8. The van der Waals surface area contributed by atoms with Crippen LogP contribution in [0.5, 0.6) is 0 Å². The van der Waals surface area contributed by atoms with Crippen molar-refractivity contribution in [1.82, 2.24) is 8.87 Å². The van der Waals surface area contributed by atoms with Gasteiger partial charge in [-0.25, -0.2) is 13.2 Å². The van der Waals surface area contributed by atoms with E-state index in [1.54, 1.807) is 20.8 Å². The topological polar surface area (TPSA) is 97.7 Å². The highest BCUT2D eigenvalue weighted by Crippen LogP contribution is 2.33. The van der Waals surface area contributed by atoms with E-state index >= 15 is 0 Å². The lowest BCUT2D eigenvalue weighted by Crippen LogP contribution is -2.44. The van der Waals surface area contributed by atoms with Gasteiger partial charge in [0, 0.05) is 36.7 Å². The van der Waals surface area contributed by atoms with Crippen LogP contribution in [0, 0.1) is 26.7 Å². The van der Waals surface area contributed by atoms with E-state index in [4.69, 9.17) is 4.74 Å². The number of ether oxygens (including phenoxy) is 1. The number of sulfonamides is 1. The van der Waals surface area contributed by atoms with Crippen molar-refractivity contribution < 1.29 is 22.7 Å². The second-order valence-electron chi connectivity index (χ2n) is 8.40. The number of carbonyl (C=O) groups is 2. The van der Waals surface area contributed by atoms with Crippen molar-refractivity contribution >= 4 is 27.6 Å². The van der Waals surface area contributed by atoms with Crippen molar-refractivity contribution in [2.45, 2.75) is 58.9 Å². The van der Waals surface area contributed by atoms with Crippen LogP contribution in [0.2, 0.25) is 0 Å². The number of benzene rings is 1. The first-order chi connectivity index (χ1) is 15.6. The number of esters is 1. The minimum absolute atomic E-state index is 0.0138. The molecule has 1 amide bonds. The molecule has 0 spiro atoms. The Hall–Kier alpha value is -2.65. The van der Waals surface area contributed by atoms with Crippen LogP contribution in [0.4, 0.5) is 5.69 Å². The van der Waals surface area contributed by atoms with Gasteiger partial charge in [-0.05, 0) is 65.2 Å². The molecule has 1 atom stereocenters. The third kappa shape index (κ3) is 4.99.